The maximum absolute atomic E-state index is 12.2. The molecule has 8 heteroatoms. The first-order valence-corrected chi connectivity index (χ1v) is 7.06. The van der Waals surface area contributed by atoms with Crippen LogP contribution in [0.1, 0.15) is 34.8 Å². The van der Waals surface area contributed by atoms with Crippen LogP contribution in [0.5, 0.6) is 5.75 Å². The standard InChI is InChI=1S/C15H17N3O5/c1-4-22-14(19)12-13(15(20)23-5-2)18(17-16-12)10-7-6-8-11(9-10)21-3/h6-9H,4-5H2,1-3H3. The highest BCUT2D eigenvalue weighted by atomic mass is 16.5. The predicted molar refractivity (Wildman–Crippen MR) is 79.8 cm³/mol. The van der Waals surface area contributed by atoms with Gasteiger partial charge in [0.05, 0.1) is 26.0 Å². The highest BCUT2D eigenvalue weighted by Crippen LogP contribution is 2.19. The SMILES string of the molecule is CCOC(=O)c1nnn(-c2cccc(OC)c2)c1C(=O)OCC. The number of esters is 2. The molecule has 0 unspecified atom stereocenters. The Balaban J connectivity index is 2.54. The van der Waals surface area contributed by atoms with Gasteiger partial charge in [-0.05, 0) is 26.0 Å². The molecule has 2 aromatic rings. The van der Waals surface area contributed by atoms with Crippen LogP contribution in [0.2, 0.25) is 0 Å². The van der Waals surface area contributed by atoms with Crippen LogP contribution in [0.25, 0.3) is 5.69 Å². The van der Waals surface area contributed by atoms with Crippen LogP contribution in [-0.4, -0.2) is 47.3 Å². The molecule has 0 saturated heterocycles. The summed E-state index contributed by atoms with van der Waals surface area (Å²) in [6.45, 7) is 3.65. The van der Waals surface area contributed by atoms with E-state index in [9.17, 15) is 9.59 Å². The lowest BCUT2D eigenvalue weighted by atomic mass is 10.2. The molecule has 122 valence electrons. The lowest BCUT2D eigenvalue weighted by Gasteiger charge is -2.08. The molecule has 0 amide bonds. The van der Waals surface area contributed by atoms with Gasteiger partial charge in [-0.25, -0.2) is 14.3 Å². The van der Waals surface area contributed by atoms with E-state index in [1.54, 1.807) is 38.1 Å². The molecule has 0 radical (unpaired) electrons. The largest absolute Gasteiger partial charge is 0.497 e. The first-order chi connectivity index (χ1) is 11.1. The Labute approximate surface area is 133 Å². The van der Waals surface area contributed by atoms with Crippen molar-refractivity contribution in [3.05, 3.63) is 35.7 Å². The van der Waals surface area contributed by atoms with E-state index in [4.69, 9.17) is 14.2 Å². The number of ether oxygens (including phenoxy) is 3. The Morgan fingerprint density at radius 3 is 2.48 bits per heavy atom. The highest BCUT2D eigenvalue weighted by molar-refractivity contribution is 6.00. The number of aromatic nitrogens is 3. The van der Waals surface area contributed by atoms with E-state index in [-0.39, 0.29) is 24.6 Å². The van der Waals surface area contributed by atoms with Crippen LogP contribution in [-0.2, 0) is 9.47 Å². The second kappa shape index (κ2) is 7.39. The molecular weight excluding hydrogens is 302 g/mol. The van der Waals surface area contributed by atoms with E-state index in [0.29, 0.717) is 11.4 Å². The summed E-state index contributed by atoms with van der Waals surface area (Å²) in [6.07, 6.45) is 0. The number of nitrogens with zero attached hydrogens (tertiary/aromatic N) is 3. The van der Waals surface area contributed by atoms with E-state index in [2.05, 4.69) is 10.3 Å². The van der Waals surface area contributed by atoms with Gasteiger partial charge in [-0.3, -0.25) is 0 Å². The number of carbonyl (C=O) groups is 2. The molecule has 23 heavy (non-hydrogen) atoms. The number of hydrogen-bond donors (Lipinski definition) is 0. The zero-order valence-electron chi connectivity index (χ0n) is 13.1. The Bertz CT molecular complexity index is 711. The summed E-state index contributed by atoms with van der Waals surface area (Å²) in [6, 6.07) is 6.84. The fourth-order valence-corrected chi connectivity index (χ4v) is 1.92. The van der Waals surface area contributed by atoms with Crippen LogP contribution in [0.15, 0.2) is 24.3 Å². The van der Waals surface area contributed by atoms with Crippen LogP contribution in [0.4, 0.5) is 0 Å². The van der Waals surface area contributed by atoms with E-state index < -0.39 is 11.9 Å². The third kappa shape index (κ3) is 3.47. The molecule has 0 N–H and O–H groups in total. The fourth-order valence-electron chi connectivity index (χ4n) is 1.92. The average molecular weight is 319 g/mol. The Morgan fingerprint density at radius 1 is 1.13 bits per heavy atom. The zero-order chi connectivity index (χ0) is 16.8. The van der Waals surface area contributed by atoms with Crippen LogP contribution < -0.4 is 4.74 Å². The molecule has 0 bridgehead atoms. The first-order valence-electron chi connectivity index (χ1n) is 7.06. The fraction of sp³-hybridized carbons (Fsp3) is 0.333. The van der Waals surface area contributed by atoms with Gasteiger partial charge in [0, 0.05) is 6.07 Å². The third-order valence-electron chi connectivity index (χ3n) is 2.91. The molecule has 0 saturated carbocycles. The summed E-state index contributed by atoms with van der Waals surface area (Å²) in [7, 11) is 1.52. The second-order valence-corrected chi connectivity index (χ2v) is 4.34. The van der Waals surface area contributed by atoms with Crippen molar-refractivity contribution in [3.63, 3.8) is 0 Å². The minimum atomic E-state index is -0.732. The third-order valence-corrected chi connectivity index (χ3v) is 2.91. The topological polar surface area (TPSA) is 92.5 Å². The maximum Gasteiger partial charge on any atom is 0.361 e. The number of benzene rings is 1. The minimum absolute atomic E-state index is 0.0847. The number of rotatable bonds is 6. The Kier molecular flexibility index (Phi) is 5.29. The Morgan fingerprint density at radius 2 is 1.83 bits per heavy atom. The first kappa shape index (κ1) is 16.5. The van der Waals surface area contributed by atoms with Gasteiger partial charge in [-0.2, -0.15) is 0 Å². The van der Waals surface area contributed by atoms with E-state index in [1.807, 2.05) is 0 Å². The van der Waals surface area contributed by atoms with Crippen LogP contribution in [0, 0.1) is 0 Å². The van der Waals surface area contributed by atoms with Gasteiger partial charge in [-0.1, -0.05) is 11.3 Å². The molecule has 0 fully saturated rings. The molecule has 0 aliphatic carbocycles. The minimum Gasteiger partial charge on any atom is -0.497 e. The quantitative estimate of drug-likeness (QED) is 0.747. The molecule has 1 heterocycles. The van der Waals surface area contributed by atoms with Gasteiger partial charge in [0.2, 0.25) is 5.69 Å². The number of methoxy groups -OCH3 is 1. The smallest absolute Gasteiger partial charge is 0.361 e. The lowest BCUT2D eigenvalue weighted by Crippen LogP contribution is -2.17. The van der Waals surface area contributed by atoms with Crippen molar-refractivity contribution in [1.29, 1.82) is 0 Å². The summed E-state index contributed by atoms with van der Waals surface area (Å²) in [5, 5.41) is 7.64. The van der Waals surface area contributed by atoms with Gasteiger partial charge < -0.3 is 14.2 Å². The van der Waals surface area contributed by atoms with Crippen LogP contribution >= 0.6 is 0 Å². The maximum atomic E-state index is 12.2. The second-order valence-electron chi connectivity index (χ2n) is 4.34. The highest BCUT2D eigenvalue weighted by Gasteiger charge is 2.28. The van der Waals surface area contributed by atoms with Gasteiger partial charge >= 0.3 is 11.9 Å². The molecule has 0 aliphatic heterocycles. The summed E-state index contributed by atoms with van der Waals surface area (Å²) in [4.78, 5) is 24.2. The monoisotopic (exact) mass is 319 g/mol. The van der Waals surface area contributed by atoms with E-state index in [0.717, 1.165) is 0 Å². The predicted octanol–water partition coefficient (Wildman–Crippen LogP) is 1.63. The molecule has 1 aromatic carbocycles. The van der Waals surface area contributed by atoms with Gasteiger partial charge in [0.15, 0.2) is 5.69 Å². The summed E-state index contributed by atoms with van der Waals surface area (Å²) in [5.74, 6) is -0.862. The summed E-state index contributed by atoms with van der Waals surface area (Å²) >= 11 is 0. The Hall–Kier alpha value is -2.90. The molecular formula is C15H17N3O5. The summed E-state index contributed by atoms with van der Waals surface area (Å²) < 4.78 is 16.3. The van der Waals surface area contributed by atoms with E-state index in [1.165, 1.54) is 11.8 Å². The van der Waals surface area contributed by atoms with Crippen molar-refractivity contribution in [1.82, 2.24) is 15.0 Å². The molecule has 0 atom stereocenters. The molecule has 2 rings (SSSR count). The van der Waals surface area contributed by atoms with Gasteiger partial charge in [-0.15, -0.1) is 5.10 Å². The van der Waals surface area contributed by atoms with Gasteiger partial charge in [0.1, 0.15) is 5.75 Å². The number of carbonyl (C=O) groups excluding carboxylic acids is 2. The molecule has 8 nitrogen and oxygen atoms in total. The zero-order valence-corrected chi connectivity index (χ0v) is 13.1. The van der Waals surface area contributed by atoms with Gasteiger partial charge in [0.25, 0.3) is 0 Å². The molecule has 0 aliphatic rings. The normalized spacial score (nSPS) is 10.2. The van der Waals surface area contributed by atoms with Crippen molar-refractivity contribution >= 4 is 11.9 Å². The van der Waals surface area contributed by atoms with Crippen molar-refractivity contribution in [2.75, 3.05) is 20.3 Å². The summed E-state index contributed by atoms with van der Waals surface area (Å²) in [5.41, 5.74) is 0.238. The van der Waals surface area contributed by atoms with E-state index >= 15 is 0 Å². The molecule has 0 spiro atoms. The lowest BCUT2D eigenvalue weighted by molar-refractivity contribution is 0.0469. The van der Waals surface area contributed by atoms with Crippen LogP contribution in [0.3, 0.4) is 0 Å². The average Bonchev–Trinajstić information content (AvgIpc) is 3.00. The molecule has 1 aromatic heterocycles. The number of hydrogen-bond acceptors (Lipinski definition) is 7. The van der Waals surface area contributed by atoms with Crippen molar-refractivity contribution in [2.24, 2.45) is 0 Å². The van der Waals surface area contributed by atoms with Crippen molar-refractivity contribution in [3.8, 4) is 11.4 Å². The van der Waals surface area contributed by atoms with Crippen molar-refractivity contribution < 1.29 is 23.8 Å². The van der Waals surface area contributed by atoms with Crippen molar-refractivity contribution in [2.45, 2.75) is 13.8 Å².